The summed E-state index contributed by atoms with van der Waals surface area (Å²) >= 11 is 5.06. The summed E-state index contributed by atoms with van der Waals surface area (Å²) in [7, 11) is 0. The molecule has 4 N–H and O–H groups in total. The van der Waals surface area contributed by atoms with Crippen LogP contribution in [-0.2, 0) is 6.42 Å². The van der Waals surface area contributed by atoms with Crippen LogP contribution in [0.15, 0.2) is 42.5 Å². The molecule has 0 saturated heterocycles. The predicted octanol–water partition coefficient (Wildman–Crippen LogP) is 2.99. The minimum atomic E-state index is 0.288. The van der Waals surface area contributed by atoms with E-state index in [1.165, 1.54) is 5.56 Å². The van der Waals surface area contributed by atoms with Crippen LogP contribution >= 0.6 is 12.2 Å². The van der Waals surface area contributed by atoms with Gasteiger partial charge in [-0.1, -0.05) is 30.4 Å². The van der Waals surface area contributed by atoms with Crippen LogP contribution in [0.3, 0.4) is 0 Å². The molecule has 0 aliphatic carbocycles. The van der Waals surface area contributed by atoms with Gasteiger partial charge in [0.2, 0.25) is 0 Å². The molecule has 0 heterocycles. The molecule has 0 bridgehead atoms. The van der Waals surface area contributed by atoms with E-state index in [4.69, 9.17) is 18.0 Å². The summed E-state index contributed by atoms with van der Waals surface area (Å²) in [5.74, 6) is 0.288. The molecule has 2 aromatic rings. The number of thiocarbonyl (C=S) groups is 1. The second-order valence-electron chi connectivity index (χ2n) is 4.76. The Morgan fingerprint density at radius 2 is 1.90 bits per heavy atom. The van der Waals surface area contributed by atoms with Crippen molar-refractivity contribution in [3.8, 4) is 5.75 Å². The normalized spacial score (nSPS) is 10.2. The molecule has 0 spiro atoms. The van der Waals surface area contributed by atoms with Gasteiger partial charge in [0.25, 0.3) is 0 Å². The molecule has 20 heavy (non-hydrogen) atoms. The van der Waals surface area contributed by atoms with Crippen LogP contribution < -0.4 is 11.1 Å². The molecule has 2 rings (SSSR count). The van der Waals surface area contributed by atoms with Crippen molar-refractivity contribution in [2.45, 2.75) is 13.3 Å². The minimum Gasteiger partial charge on any atom is -0.508 e. The number of hydrogen-bond acceptors (Lipinski definition) is 3. The largest absolute Gasteiger partial charge is 0.508 e. The standard InChI is InChI=1S/C16H18N2OS/c1-11-2-7-14(16(17)20)15(10-11)18-9-8-12-3-5-13(19)6-4-12/h2-7,10,18-19H,8-9H2,1H3,(H2,17,20). The summed E-state index contributed by atoms with van der Waals surface area (Å²) in [6.07, 6.45) is 0.866. The van der Waals surface area contributed by atoms with Gasteiger partial charge in [-0.3, -0.25) is 0 Å². The Labute approximate surface area is 124 Å². The molecule has 0 saturated carbocycles. The molecule has 0 aromatic heterocycles. The second kappa shape index (κ2) is 6.39. The number of rotatable bonds is 5. The third kappa shape index (κ3) is 3.71. The van der Waals surface area contributed by atoms with Crippen LogP contribution in [0.4, 0.5) is 5.69 Å². The van der Waals surface area contributed by atoms with Crippen LogP contribution in [0, 0.1) is 6.92 Å². The van der Waals surface area contributed by atoms with Crippen LogP contribution in [-0.4, -0.2) is 16.6 Å². The summed E-state index contributed by atoms with van der Waals surface area (Å²) in [6, 6.07) is 13.2. The van der Waals surface area contributed by atoms with Crippen molar-refractivity contribution in [2.24, 2.45) is 5.73 Å². The molecule has 0 fully saturated rings. The number of phenolic OH excluding ortho intramolecular Hbond substituents is 1. The fourth-order valence-electron chi connectivity index (χ4n) is 2.02. The molecule has 0 amide bonds. The smallest absolute Gasteiger partial charge is 0.115 e. The maximum absolute atomic E-state index is 9.24. The summed E-state index contributed by atoms with van der Waals surface area (Å²) in [6.45, 7) is 2.82. The molecule has 3 nitrogen and oxygen atoms in total. The lowest BCUT2D eigenvalue weighted by molar-refractivity contribution is 0.475. The van der Waals surface area contributed by atoms with Gasteiger partial charge in [0, 0.05) is 17.8 Å². The summed E-state index contributed by atoms with van der Waals surface area (Å²) in [4.78, 5) is 0.400. The third-order valence-corrected chi connectivity index (χ3v) is 3.33. The van der Waals surface area contributed by atoms with Gasteiger partial charge >= 0.3 is 0 Å². The molecular weight excluding hydrogens is 268 g/mol. The summed E-state index contributed by atoms with van der Waals surface area (Å²) in [5, 5.41) is 12.6. The van der Waals surface area contributed by atoms with Crippen molar-refractivity contribution in [3.05, 3.63) is 59.2 Å². The molecule has 0 aliphatic rings. The van der Waals surface area contributed by atoms with Crippen LogP contribution in [0.2, 0.25) is 0 Å². The van der Waals surface area contributed by atoms with Gasteiger partial charge in [-0.15, -0.1) is 0 Å². The Kier molecular flexibility index (Phi) is 4.58. The van der Waals surface area contributed by atoms with Crippen LogP contribution in [0.1, 0.15) is 16.7 Å². The molecule has 0 radical (unpaired) electrons. The molecule has 0 atom stereocenters. The zero-order chi connectivity index (χ0) is 14.5. The number of nitrogens with two attached hydrogens (primary N) is 1. The maximum atomic E-state index is 9.24. The fourth-order valence-corrected chi connectivity index (χ4v) is 2.20. The molecule has 4 heteroatoms. The Morgan fingerprint density at radius 3 is 2.55 bits per heavy atom. The van der Waals surface area contributed by atoms with E-state index in [0.717, 1.165) is 29.8 Å². The van der Waals surface area contributed by atoms with E-state index in [1.54, 1.807) is 12.1 Å². The zero-order valence-corrected chi connectivity index (χ0v) is 12.2. The number of phenols is 1. The monoisotopic (exact) mass is 286 g/mol. The first-order chi connectivity index (χ1) is 9.56. The lowest BCUT2D eigenvalue weighted by Crippen LogP contribution is -2.14. The van der Waals surface area contributed by atoms with Gasteiger partial charge in [0.1, 0.15) is 10.7 Å². The van der Waals surface area contributed by atoms with E-state index < -0.39 is 0 Å². The highest BCUT2D eigenvalue weighted by molar-refractivity contribution is 7.80. The van der Waals surface area contributed by atoms with E-state index in [9.17, 15) is 5.11 Å². The van der Waals surface area contributed by atoms with Gasteiger partial charge in [0.15, 0.2) is 0 Å². The first kappa shape index (κ1) is 14.3. The van der Waals surface area contributed by atoms with Crippen molar-refractivity contribution >= 4 is 22.9 Å². The number of benzene rings is 2. The number of nitrogens with one attached hydrogen (secondary N) is 1. The SMILES string of the molecule is Cc1ccc(C(N)=S)c(NCCc2ccc(O)cc2)c1. The Morgan fingerprint density at radius 1 is 1.20 bits per heavy atom. The number of hydrogen-bond donors (Lipinski definition) is 3. The molecule has 0 aliphatic heterocycles. The van der Waals surface area contributed by atoms with E-state index in [0.29, 0.717) is 4.99 Å². The average molecular weight is 286 g/mol. The predicted molar refractivity (Wildman–Crippen MR) is 87.4 cm³/mol. The summed E-state index contributed by atoms with van der Waals surface area (Å²) < 4.78 is 0. The van der Waals surface area contributed by atoms with Gasteiger partial charge in [0.05, 0.1) is 0 Å². The van der Waals surface area contributed by atoms with Crippen LogP contribution in [0.5, 0.6) is 5.75 Å². The Balaban J connectivity index is 2.02. The van der Waals surface area contributed by atoms with Crippen molar-refractivity contribution < 1.29 is 5.11 Å². The van der Waals surface area contributed by atoms with Gasteiger partial charge < -0.3 is 16.2 Å². The van der Waals surface area contributed by atoms with Gasteiger partial charge in [-0.25, -0.2) is 0 Å². The highest BCUT2D eigenvalue weighted by Gasteiger charge is 2.05. The topological polar surface area (TPSA) is 58.3 Å². The van der Waals surface area contributed by atoms with Crippen molar-refractivity contribution in [3.63, 3.8) is 0 Å². The Hall–Kier alpha value is -2.07. The summed E-state index contributed by atoms with van der Waals surface area (Å²) in [5.41, 5.74) is 9.90. The number of anilines is 1. The van der Waals surface area contributed by atoms with E-state index in [2.05, 4.69) is 5.32 Å². The van der Waals surface area contributed by atoms with E-state index in [1.807, 2.05) is 37.3 Å². The molecular formula is C16H18N2OS. The first-order valence-electron chi connectivity index (χ1n) is 6.48. The number of aromatic hydroxyl groups is 1. The highest BCUT2D eigenvalue weighted by atomic mass is 32.1. The number of aryl methyl sites for hydroxylation is 1. The maximum Gasteiger partial charge on any atom is 0.115 e. The first-order valence-corrected chi connectivity index (χ1v) is 6.89. The average Bonchev–Trinajstić information content (AvgIpc) is 2.41. The lowest BCUT2D eigenvalue weighted by Gasteiger charge is -2.12. The van der Waals surface area contributed by atoms with E-state index >= 15 is 0 Å². The van der Waals surface area contributed by atoms with Crippen molar-refractivity contribution in [2.75, 3.05) is 11.9 Å². The van der Waals surface area contributed by atoms with Gasteiger partial charge in [-0.2, -0.15) is 0 Å². The minimum absolute atomic E-state index is 0.288. The second-order valence-corrected chi connectivity index (χ2v) is 5.20. The Bertz CT molecular complexity index is 608. The lowest BCUT2D eigenvalue weighted by atomic mass is 10.1. The highest BCUT2D eigenvalue weighted by Crippen LogP contribution is 2.18. The van der Waals surface area contributed by atoms with Crippen molar-refractivity contribution in [1.82, 2.24) is 0 Å². The third-order valence-electron chi connectivity index (χ3n) is 3.11. The van der Waals surface area contributed by atoms with Crippen molar-refractivity contribution in [1.29, 1.82) is 0 Å². The van der Waals surface area contributed by atoms with E-state index in [-0.39, 0.29) is 5.75 Å². The van der Waals surface area contributed by atoms with Crippen LogP contribution in [0.25, 0.3) is 0 Å². The fraction of sp³-hybridized carbons (Fsp3) is 0.188. The quantitative estimate of drug-likeness (QED) is 0.740. The molecule has 0 unspecified atom stereocenters. The molecule has 104 valence electrons. The molecule has 2 aromatic carbocycles. The van der Waals surface area contributed by atoms with Gasteiger partial charge in [-0.05, 0) is 48.7 Å². The zero-order valence-electron chi connectivity index (χ0n) is 11.4.